The number of fused-ring (bicyclic) bond motifs is 1. The third-order valence-electron chi connectivity index (χ3n) is 5.88. The number of hydrogen-bond acceptors (Lipinski definition) is 4. The number of benzene rings is 2. The summed E-state index contributed by atoms with van der Waals surface area (Å²) >= 11 is 0. The molecule has 0 fully saturated rings. The van der Waals surface area contributed by atoms with Crippen LogP contribution < -0.4 is 14.8 Å². The lowest BCUT2D eigenvalue weighted by molar-refractivity contribution is -0.140. The molecule has 2 aromatic carbocycles. The molecule has 32 heavy (non-hydrogen) atoms. The minimum Gasteiger partial charge on any atom is -0.486 e. The van der Waals surface area contributed by atoms with E-state index in [4.69, 9.17) is 9.47 Å². The van der Waals surface area contributed by atoms with Gasteiger partial charge in [0.1, 0.15) is 19.3 Å². The van der Waals surface area contributed by atoms with Gasteiger partial charge in [-0.05, 0) is 56.9 Å². The Morgan fingerprint density at radius 3 is 2.34 bits per heavy atom. The summed E-state index contributed by atoms with van der Waals surface area (Å²) < 4.78 is 11.2. The van der Waals surface area contributed by atoms with Gasteiger partial charge in [-0.15, -0.1) is 0 Å². The van der Waals surface area contributed by atoms with Crippen LogP contribution >= 0.6 is 0 Å². The second kappa shape index (κ2) is 11.0. The van der Waals surface area contributed by atoms with Crippen LogP contribution in [0.15, 0.2) is 42.5 Å². The smallest absolute Gasteiger partial charge is 0.242 e. The van der Waals surface area contributed by atoms with Crippen molar-refractivity contribution in [3.05, 3.63) is 59.2 Å². The van der Waals surface area contributed by atoms with Gasteiger partial charge in [0, 0.05) is 19.0 Å². The van der Waals surface area contributed by atoms with Gasteiger partial charge >= 0.3 is 0 Å². The number of carbonyl (C=O) groups excluding carboxylic acids is 2. The van der Waals surface area contributed by atoms with E-state index in [1.165, 1.54) is 0 Å². The second-order valence-electron chi connectivity index (χ2n) is 8.48. The minimum absolute atomic E-state index is 0.0488. The average molecular weight is 439 g/mol. The molecule has 1 heterocycles. The zero-order valence-corrected chi connectivity index (χ0v) is 19.5. The molecule has 0 unspecified atom stereocenters. The summed E-state index contributed by atoms with van der Waals surface area (Å²) in [7, 11) is 0. The summed E-state index contributed by atoms with van der Waals surface area (Å²) in [5.41, 5.74) is 3.17. The zero-order chi connectivity index (χ0) is 23.1. The number of ether oxygens (including phenoxy) is 2. The molecule has 1 N–H and O–H groups in total. The predicted molar refractivity (Wildman–Crippen MR) is 125 cm³/mol. The Labute approximate surface area is 190 Å². The molecule has 6 heteroatoms. The monoisotopic (exact) mass is 438 g/mol. The SMILES string of the molecule is CC[C@H](C)NC(=O)[C@@H](C)N(Cc1ccc(C)cc1)C(=O)CCc1ccc2c(c1)OCCO2. The van der Waals surface area contributed by atoms with Crippen molar-refractivity contribution in [2.24, 2.45) is 0 Å². The van der Waals surface area contributed by atoms with Crippen LogP contribution in [0.1, 0.15) is 50.3 Å². The van der Waals surface area contributed by atoms with Crippen LogP contribution in [0.4, 0.5) is 0 Å². The first-order valence-corrected chi connectivity index (χ1v) is 11.4. The van der Waals surface area contributed by atoms with Crippen LogP contribution in [0.25, 0.3) is 0 Å². The molecule has 0 radical (unpaired) electrons. The third kappa shape index (κ3) is 6.25. The molecule has 6 nitrogen and oxygen atoms in total. The standard InChI is InChI=1S/C26H34N2O4/c1-5-19(3)27-26(30)20(4)28(17-22-8-6-18(2)7-9-22)25(29)13-11-21-10-12-23-24(16-21)32-15-14-31-23/h6-10,12,16,19-20H,5,11,13-15,17H2,1-4H3,(H,27,30)/t19-,20+/m0/s1. The molecule has 0 saturated heterocycles. The molecule has 172 valence electrons. The van der Waals surface area contributed by atoms with Gasteiger partial charge in [0.2, 0.25) is 11.8 Å². The molecule has 2 aromatic rings. The fourth-order valence-electron chi connectivity index (χ4n) is 3.58. The highest BCUT2D eigenvalue weighted by atomic mass is 16.6. The van der Waals surface area contributed by atoms with Crippen molar-refractivity contribution >= 4 is 11.8 Å². The van der Waals surface area contributed by atoms with Gasteiger partial charge in [-0.2, -0.15) is 0 Å². The highest BCUT2D eigenvalue weighted by Crippen LogP contribution is 2.31. The Hall–Kier alpha value is -3.02. The normalized spacial score (nSPS) is 14.4. The van der Waals surface area contributed by atoms with Crippen molar-refractivity contribution in [1.29, 1.82) is 0 Å². The lowest BCUT2D eigenvalue weighted by Gasteiger charge is -2.30. The number of nitrogens with one attached hydrogen (secondary N) is 1. The van der Waals surface area contributed by atoms with Crippen LogP contribution in [-0.4, -0.2) is 42.0 Å². The molecule has 3 rings (SSSR count). The van der Waals surface area contributed by atoms with Crippen molar-refractivity contribution in [1.82, 2.24) is 10.2 Å². The number of nitrogens with zero attached hydrogens (tertiary/aromatic N) is 1. The largest absolute Gasteiger partial charge is 0.486 e. The Morgan fingerprint density at radius 1 is 1.00 bits per heavy atom. The summed E-state index contributed by atoms with van der Waals surface area (Å²) in [4.78, 5) is 27.8. The number of aryl methyl sites for hydroxylation is 2. The molecule has 0 aliphatic carbocycles. The van der Waals surface area contributed by atoms with Crippen molar-refractivity contribution in [3.8, 4) is 11.5 Å². The Balaban J connectivity index is 1.71. The van der Waals surface area contributed by atoms with Crippen LogP contribution in [-0.2, 0) is 22.6 Å². The number of amides is 2. The molecule has 2 amide bonds. The van der Waals surface area contributed by atoms with Gasteiger partial charge in [-0.1, -0.05) is 42.8 Å². The fraction of sp³-hybridized carbons (Fsp3) is 0.462. The molecule has 0 aromatic heterocycles. The van der Waals surface area contributed by atoms with Crippen LogP contribution in [0.2, 0.25) is 0 Å². The van der Waals surface area contributed by atoms with E-state index in [-0.39, 0.29) is 17.9 Å². The minimum atomic E-state index is -0.557. The summed E-state index contributed by atoms with van der Waals surface area (Å²) in [6.07, 6.45) is 1.72. The molecule has 0 spiro atoms. The summed E-state index contributed by atoms with van der Waals surface area (Å²) in [6, 6.07) is 13.4. The highest BCUT2D eigenvalue weighted by Gasteiger charge is 2.26. The van der Waals surface area contributed by atoms with Crippen LogP contribution in [0, 0.1) is 6.92 Å². The average Bonchev–Trinajstić information content (AvgIpc) is 2.81. The second-order valence-corrected chi connectivity index (χ2v) is 8.48. The lowest BCUT2D eigenvalue weighted by atomic mass is 10.1. The number of hydrogen-bond donors (Lipinski definition) is 1. The van der Waals surface area contributed by atoms with Gasteiger partial charge in [0.05, 0.1) is 0 Å². The summed E-state index contributed by atoms with van der Waals surface area (Å²) in [6.45, 7) is 9.31. The Bertz CT molecular complexity index is 926. The first kappa shape index (κ1) is 23.6. The fourth-order valence-corrected chi connectivity index (χ4v) is 3.58. The van der Waals surface area contributed by atoms with E-state index >= 15 is 0 Å². The molecule has 1 aliphatic rings. The molecule has 0 bridgehead atoms. The van der Waals surface area contributed by atoms with Gasteiger partial charge in [0.25, 0.3) is 0 Å². The van der Waals surface area contributed by atoms with Gasteiger partial charge in [-0.3, -0.25) is 9.59 Å². The summed E-state index contributed by atoms with van der Waals surface area (Å²) in [5.74, 6) is 1.29. The maximum atomic E-state index is 13.3. The van der Waals surface area contributed by atoms with Gasteiger partial charge in [-0.25, -0.2) is 0 Å². The van der Waals surface area contributed by atoms with E-state index in [0.717, 1.165) is 34.6 Å². The zero-order valence-electron chi connectivity index (χ0n) is 19.5. The van der Waals surface area contributed by atoms with E-state index in [0.29, 0.717) is 32.6 Å². The molecule has 2 atom stereocenters. The topological polar surface area (TPSA) is 67.9 Å². The first-order valence-electron chi connectivity index (χ1n) is 11.4. The maximum Gasteiger partial charge on any atom is 0.242 e. The van der Waals surface area contributed by atoms with E-state index in [1.807, 2.05) is 63.2 Å². The van der Waals surface area contributed by atoms with Crippen molar-refractivity contribution in [2.45, 2.75) is 65.6 Å². The Morgan fingerprint density at radius 2 is 1.66 bits per heavy atom. The van der Waals surface area contributed by atoms with Gasteiger partial charge < -0.3 is 19.7 Å². The van der Waals surface area contributed by atoms with E-state index in [1.54, 1.807) is 11.8 Å². The number of rotatable bonds is 9. The molecular formula is C26H34N2O4. The third-order valence-corrected chi connectivity index (χ3v) is 5.88. The number of carbonyl (C=O) groups is 2. The Kier molecular flexibility index (Phi) is 8.14. The van der Waals surface area contributed by atoms with E-state index in [9.17, 15) is 9.59 Å². The molecule has 0 saturated carbocycles. The quantitative estimate of drug-likeness (QED) is 0.642. The van der Waals surface area contributed by atoms with Gasteiger partial charge in [0.15, 0.2) is 11.5 Å². The van der Waals surface area contributed by atoms with E-state index in [2.05, 4.69) is 5.32 Å². The predicted octanol–water partition coefficient (Wildman–Crippen LogP) is 4.03. The first-order chi connectivity index (χ1) is 15.4. The van der Waals surface area contributed by atoms with E-state index < -0.39 is 6.04 Å². The molecule has 1 aliphatic heterocycles. The van der Waals surface area contributed by atoms with Crippen molar-refractivity contribution in [2.75, 3.05) is 13.2 Å². The van der Waals surface area contributed by atoms with Crippen molar-refractivity contribution < 1.29 is 19.1 Å². The maximum absolute atomic E-state index is 13.3. The highest BCUT2D eigenvalue weighted by molar-refractivity contribution is 5.87. The summed E-state index contributed by atoms with van der Waals surface area (Å²) in [5, 5.41) is 3.00. The molecular weight excluding hydrogens is 404 g/mol. The van der Waals surface area contributed by atoms with Crippen LogP contribution in [0.5, 0.6) is 11.5 Å². The van der Waals surface area contributed by atoms with Crippen LogP contribution in [0.3, 0.4) is 0 Å². The van der Waals surface area contributed by atoms with Crippen molar-refractivity contribution in [3.63, 3.8) is 0 Å². The lowest BCUT2D eigenvalue weighted by Crippen LogP contribution is -2.49.